The lowest BCUT2D eigenvalue weighted by Crippen LogP contribution is -2.41. The molecule has 3 N–H and O–H groups in total. The van der Waals surface area contributed by atoms with E-state index in [0.29, 0.717) is 12.0 Å². The predicted molar refractivity (Wildman–Crippen MR) is 165 cm³/mol. The molecule has 4 rings (SSSR count). The van der Waals surface area contributed by atoms with Gasteiger partial charge in [0.05, 0.1) is 27.6 Å². The summed E-state index contributed by atoms with van der Waals surface area (Å²) in [7, 11) is -3.40. The Labute approximate surface area is 243 Å². The van der Waals surface area contributed by atoms with Crippen molar-refractivity contribution in [2.24, 2.45) is 0 Å². The van der Waals surface area contributed by atoms with E-state index in [1.807, 2.05) is 72.8 Å². The molecule has 0 saturated heterocycles. The molecular weight excluding hydrogens is 534 g/mol. The molecule has 7 heteroatoms. The molecule has 0 bridgehead atoms. The Hall–Kier alpha value is -3.10. The average molecular weight is 576 g/mol. The van der Waals surface area contributed by atoms with Crippen LogP contribution in [0.1, 0.15) is 69.7 Å². The fourth-order valence-electron chi connectivity index (χ4n) is 5.14. The van der Waals surface area contributed by atoms with Gasteiger partial charge in [0.25, 0.3) is 0 Å². The van der Waals surface area contributed by atoms with Gasteiger partial charge in [0, 0.05) is 29.3 Å². The highest BCUT2D eigenvalue weighted by Crippen LogP contribution is 2.38. The zero-order valence-electron chi connectivity index (χ0n) is 24.9. The van der Waals surface area contributed by atoms with Crippen LogP contribution in [0.4, 0.5) is 0 Å². The van der Waals surface area contributed by atoms with Gasteiger partial charge < -0.3 is 15.3 Å². The highest BCUT2D eigenvalue weighted by molar-refractivity contribution is 7.91. The van der Waals surface area contributed by atoms with E-state index in [9.17, 15) is 23.7 Å². The van der Waals surface area contributed by atoms with Crippen LogP contribution in [-0.2, 0) is 26.6 Å². The topological polar surface area (TPSA) is 108 Å². The molecule has 0 saturated carbocycles. The normalized spacial score (nSPS) is 14.7. The maximum absolute atomic E-state index is 12.7. The first-order chi connectivity index (χ1) is 18.9. The second kappa shape index (κ2) is 11.0. The molecule has 0 aliphatic heterocycles. The first kappa shape index (κ1) is 30.8. The average Bonchev–Trinajstić information content (AvgIpc) is 2.89. The van der Waals surface area contributed by atoms with Crippen LogP contribution in [0.2, 0.25) is 0 Å². The fraction of sp³-hybridized carbons (Fsp3) is 0.382. The molecule has 4 aromatic rings. The van der Waals surface area contributed by atoms with E-state index in [-0.39, 0.29) is 0 Å². The van der Waals surface area contributed by atoms with Crippen molar-refractivity contribution in [3.05, 3.63) is 101 Å². The molecular formula is C34H41NO5S. The number of fused-ring (bicyclic) bond motifs is 1. The monoisotopic (exact) mass is 575 g/mol. The number of aliphatic hydroxyl groups excluding tert-OH is 1. The highest BCUT2D eigenvalue weighted by atomic mass is 32.2. The molecule has 2 unspecified atom stereocenters. The Bertz CT molecular complexity index is 1650. The van der Waals surface area contributed by atoms with E-state index in [0.717, 1.165) is 38.7 Å². The summed E-state index contributed by atoms with van der Waals surface area (Å²) in [6.45, 7) is 10.1. The molecule has 6 nitrogen and oxygen atoms in total. The number of sulfone groups is 1. The fourth-order valence-corrected chi connectivity index (χ4v) is 5.68. The molecule has 0 spiro atoms. The van der Waals surface area contributed by atoms with E-state index < -0.39 is 37.8 Å². The molecule has 41 heavy (non-hydrogen) atoms. The quantitative estimate of drug-likeness (QED) is 0.231. The molecule has 218 valence electrons. The van der Waals surface area contributed by atoms with Crippen molar-refractivity contribution in [1.82, 2.24) is 4.98 Å². The Morgan fingerprint density at radius 3 is 2.07 bits per heavy atom. The zero-order valence-corrected chi connectivity index (χ0v) is 25.7. The molecule has 1 aromatic heterocycles. The van der Waals surface area contributed by atoms with E-state index in [4.69, 9.17) is 0 Å². The minimum Gasteiger partial charge on any atom is -0.390 e. The molecule has 0 aliphatic rings. The molecule has 3 aromatic carbocycles. The van der Waals surface area contributed by atoms with Gasteiger partial charge in [-0.25, -0.2) is 8.42 Å². The lowest BCUT2D eigenvalue weighted by molar-refractivity contribution is -0.0609. The summed E-state index contributed by atoms with van der Waals surface area (Å²) in [6, 6.07) is 23.0. The Morgan fingerprint density at radius 2 is 1.49 bits per heavy atom. The Balaban J connectivity index is 1.81. The van der Waals surface area contributed by atoms with Crippen LogP contribution in [0.3, 0.4) is 0 Å². The van der Waals surface area contributed by atoms with Gasteiger partial charge in [0.15, 0.2) is 9.84 Å². The number of hydrogen-bond donors (Lipinski definition) is 3. The second-order valence-corrected chi connectivity index (χ2v) is 15.2. The minimum absolute atomic E-state index is 0.425. The first-order valence-electron chi connectivity index (χ1n) is 13.8. The van der Waals surface area contributed by atoms with Crippen LogP contribution in [0.15, 0.2) is 79.0 Å². The maximum Gasteiger partial charge on any atom is 0.156 e. The van der Waals surface area contributed by atoms with Gasteiger partial charge in [-0.3, -0.25) is 4.98 Å². The summed E-state index contributed by atoms with van der Waals surface area (Å²) in [5.74, 6) is -0.425. The Morgan fingerprint density at radius 1 is 0.829 bits per heavy atom. The van der Waals surface area contributed by atoms with Gasteiger partial charge >= 0.3 is 0 Å². The van der Waals surface area contributed by atoms with Crippen LogP contribution in [0.25, 0.3) is 22.0 Å². The maximum atomic E-state index is 12.7. The third-order valence-electron chi connectivity index (χ3n) is 8.17. The molecule has 1 heterocycles. The van der Waals surface area contributed by atoms with Crippen LogP contribution in [0, 0.1) is 0 Å². The van der Waals surface area contributed by atoms with Gasteiger partial charge in [-0.05, 0) is 94.0 Å². The van der Waals surface area contributed by atoms with E-state index in [2.05, 4.69) is 4.98 Å². The SMILES string of the molecule is CC(C)(O)c1ccc(C(Cc2cccc(-c3cc(C(C)(C)S(C)(=O)=O)cc4cccnc34)c2)C(O)C(C)(C)O)cc1. The lowest BCUT2D eigenvalue weighted by atomic mass is 9.80. The molecule has 2 atom stereocenters. The summed E-state index contributed by atoms with van der Waals surface area (Å²) >= 11 is 0. The lowest BCUT2D eigenvalue weighted by Gasteiger charge is -2.33. The van der Waals surface area contributed by atoms with Gasteiger partial charge in [-0.2, -0.15) is 0 Å². The summed E-state index contributed by atoms with van der Waals surface area (Å²) < 4.78 is 24.3. The first-order valence-corrected chi connectivity index (χ1v) is 15.7. The molecule has 0 fully saturated rings. The highest BCUT2D eigenvalue weighted by Gasteiger charge is 2.35. The summed E-state index contributed by atoms with van der Waals surface area (Å²) in [4.78, 5) is 4.63. The summed E-state index contributed by atoms with van der Waals surface area (Å²) in [5, 5.41) is 33.3. The van der Waals surface area contributed by atoms with Crippen molar-refractivity contribution in [1.29, 1.82) is 0 Å². The number of rotatable bonds is 9. The van der Waals surface area contributed by atoms with Crippen molar-refractivity contribution in [2.45, 2.75) is 75.9 Å². The summed E-state index contributed by atoms with van der Waals surface area (Å²) in [5.41, 5.74) is 3.38. The molecule has 0 aliphatic carbocycles. The van der Waals surface area contributed by atoms with Crippen LogP contribution in [-0.4, -0.2) is 46.7 Å². The Kier molecular flexibility index (Phi) is 8.24. The second-order valence-electron chi connectivity index (χ2n) is 12.7. The number of hydrogen-bond acceptors (Lipinski definition) is 6. The molecule has 0 radical (unpaired) electrons. The van der Waals surface area contributed by atoms with Gasteiger partial charge in [-0.15, -0.1) is 0 Å². The number of benzene rings is 3. The van der Waals surface area contributed by atoms with Crippen molar-refractivity contribution in [3.63, 3.8) is 0 Å². The third-order valence-corrected chi connectivity index (χ3v) is 10.3. The smallest absolute Gasteiger partial charge is 0.156 e. The number of nitrogens with zero attached hydrogens (tertiary/aromatic N) is 1. The summed E-state index contributed by atoms with van der Waals surface area (Å²) in [6.07, 6.45) is 2.37. The van der Waals surface area contributed by atoms with Gasteiger partial charge in [-0.1, -0.05) is 54.6 Å². The van der Waals surface area contributed by atoms with Crippen molar-refractivity contribution < 1.29 is 23.7 Å². The van der Waals surface area contributed by atoms with Gasteiger partial charge in [0.2, 0.25) is 0 Å². The third kappa shape index (κ3) is 6.54. The van der Waals surface area contributed by atoms with E-state index >= 15 is 0 Å². The van der Waals surface area contributed by atoms with Crippen LogP contribution < -0.4 is 0 Å². The van der Waals surface area contributed by atoms with Crippen molar-refractivity contribution >= 4 is 20.7 Å². The van der Waals surface area contributed by atoms with E-state index in [1.54, 1.807) is 47.7 Å². The number of pyridine rings is 1. The van der Waals surface area contributed by atoms with E-state index in [1.165, 1.54) is 6.26 Å². The van der Waals surface area contributed by atoms with Gasteiger partial charge in [0.1, 0.15) is 0 Å². The van der Waals surface area contributed by atoms with Crippen LogP contribution >= 0.6 is 0 Å². The molecule has 0 amide bonds. The van der Waals surface area contributed by atoms with Crippen molar-refractivity contribution in [3.8, 4) is 11.1 Å². The standard InChI is InChI=1S/C34H41NO5S/c1-32(2,37)26-15-13-23(14-16-26)29(31(36)33(3,4)38)19-22-10-8-11-24(18-22)28-21-27(34(5,6)41(7,39)40)20-25-12-9-17-35-30(25)28/h8-18,20-21,29,31,36-38H,19H2,1-7H3. The van der Waals surface area contributed by atoms with Crippen LogP contribution in [0.5, 0.6) is 0 Å². The van der Waals surface area contributed by atoms with Crippen molar-refractivity contribution in [2.75, 3.05) is 6.26 Å². The number of aromatic nitrogens is 1. The number of aliphatic hydroxyl groups is 3. The predicted octanol–water partition coefficient (Wildman–Crippen LogP) is 5.87. The largest absolute Gasteiger partial charge is 0.390 e. The minimum atomic E-state index is -3.40. The zero-order chi connectivity index (χ0) is 30.4.